The lowest BCUT2D eigenvalue weighted by molar-refractivity contribution is -0.274. The van der Waals surface area contributed by atoms with Crippen molar-refractivity contribution in [3.63, 3.8) is 0 Å². The zero-order chi connectivity index (χ0) is 32.3. The highest BCUT2D eigenvalue weighted by Crippen LogP contribution is 2.25. The number of carbonyl (C=O) groups excluding carboxylic acids is 1. The third-order valence-electron chi connectivity index (χ3n) is 7.17. The fourth-order valence-electron chi connectivity index (χ4n) is 4.92. The summed E-state index contributed by atoms with van der Waals surface area (Å²) in [5.41, 5.74) is 1.41. The van der Waals surface area contributed by atoms with Gasteiger partial charge in [-0.05, 0) is 61.6 Å². The van der Waals surface area contributed by atoms with Gasteiger partial charge in [-0.3, -0.25) is 4.79 Å². The number of likely N-dealkylation sites (tertiary alicyclic amines) is 1. The topological polar surface area (TPSA) is 126 Å². The van der Waals surface area contributed by atoms with Gasteiger partial charge in [-0.15, -0.1) is 13.2 Å². The van der Waals surface area contributed by atoms with Gasteiger partial charge in [-0.2, -0.15) is 0 Å². The molecule has 2 fully saturated rings. The Labute approximate surface area is 252 Å². The zero-order valence-electron chi connectivity index (χ0n) is 24.2. The molecule has 0 aliphatic carbocycles. The Morgan fingerprint density at radius 3 is 2.09 bits per heavy atom. The van der Waals surface area contributed by atoms with Crippen molar-refractivity contribution in [3.8, 4) is 5.75 Å². The van der Waals surface area contributed by atoms with Crippen molar-refractivity contribution in [1.82, 2.24) is 9.80 Å². The average molecular weight is 629 g/mol. The molecule has 2 heterocycles. The summed E-state index contributed by atoms with van der Waals surface area (Å²) in [5.74, 6) is -4.45. The number of hydrogen-bond donors (Lipinski definition) is 2. The zero-order valence-corrected chi connectivity index (χ0v) is 24.2. The first-order chi connectivity index (χ1) is 20.8. The van der Waals surface area contributed by atoms with Crippen molar-refractivity contribution < 1.29 is 56.4 Å². The lowest BCUT2D eigenvalue weighted by Crippen LogP contribution is -2.48. The first-order valence-electron chi connectivity index (χ1n) is 14.1. The Morgan fingerprint density at radius 2 is 1.55 bits per heavy atom. The maximum Gasteiger partial charge on any atom is 0.573 e. The third kappa shape index (κ3) is 12.1. The monoisotopic (exact) mass is 628 g/mol. The second kappa shape index (κ2) is 16.4. The maximum atomic E-state index is 13.4. The molecular weight excluding hydrogens is 592 g/mol. The fraction of sp³-hybridized carbons (Fsp3) is 0.500. The molecule has 0 spiro atoms. The molecule has 242 valence electrons. The highest BCUT2D eigenvalue weighted by Gasteiger charge is 2.31. The molecule has 0 bridgehead atoms. The second-order valence-corrected chi connectivity index (χ2v) is 10.5. The van der Waals surface area contributed by atoms with E-state index in [0.29, 0.717) is 18.7 Å². The van der Waals surface area contributed by atoms with Gasteiger partial charge < -0.3 is 34.2 Å². The number of halogens is 4. The van der Waals surface area contributed by atoms with E-state index in [4.69, 9.17) is 29.3 Å². The van der Waals surface area contributed by atoms with Crippen LogP contribution >= 0.6 is 0 Å². The summed E-state index contributed by atoms with van der Waals surface area (Å²) < 4.78 is 66.3. The van der Waals surface area contributed by atoms with Gasteiger partial charge in [0.05, 0.1) is 19.1 Å². The first-order valence-corrected chi connectivity index (χ1v) is 14.1. The highest BCUT2D eigenvalue weighted by atomic mass is 19.4. The number of nitrogens with zero attached hydrogens (tertiary/aromatic N) is 2. The molecule has 2 saturated heterocycles. The van der Waals surface area contributed by atoms with E-state index in [0.717, 1.165) is 50.9 Å². The molecule has 4 rings (SSSR count). The number of amides is 1. The Kier molecular flexibility index (Phi) is 12.9. The number of alkyl halides is 3. The normalized spacial score (nSPS) is 19.4. The summed E-state index contributed by atoms with van der Waals surface area (Å²) in [6, 6.07) is 11.4. The van der Waals surface area contributed by atoms with Crippen LogP contribution in [0.4, 0.5) is 17.6 Å². The second-order valence-electron chi connectivity index (χ2n) is 10.5. The predicted octanol–water partition coefficient (Wildman–Crippen LogP) is 4.46. The van der Waals surface area contributed by atoms with Crippen LogP contribution < -0.4 is 4.74 Å². The lowest BCUT2D eigenvalue weighted by Gasteiger charge is -2.39. The van der Waals surface area contributed by atoms with E-state index in [9.17, 15) is 22.4 Å². The van der Waals surface area contributed by atoms with Gasteiger partial charge in [0.25, 0.3) is 0 Å². The van der Waals surface area contributed by atoms with Gasteiger partial charge in [0.1, 0.15) is 11.6 Å². The van der Waals surface area contributed by atoms with Crippen LogP contribution in [0.25, 0.3) is 0 Å². The molecule has 2 atom stereocenters. The third-order valence-corrected chi connectivity index (χ3v) is 7.17. The Hall–Kier alpha value is -3.75. The van der Waals surface area contributed by atoms with E-state index in [-0.39, 0.29) is 42.3 Å². The standard InChI is InChI=1S/C28H34F4N2O4.C2H2O4/c1-20-13-17-36-27(37-20)12-16-33-14-10-24(11-15-33)34(19-22-2-6-23(29)7-3-22)26(35)18-21-4-8-25(9-5-21)38-28(30,31)32;3-1(4)2(5)6/h2-9,20,24,27H,10-19H2,1H3;(H,3,4)(H,5,6). The van der Waals surface area contributed by atoms with E-state index < -0.39 is 18.3 Å². The van der Waals surface area contributed by atoms with Crippen molar-refractivity contribution in [3.05, 3.63) is 65.5 Å². The molecule has 2 aromatic rings. The van der Waals surface area contributed by atoms with Gasteiger partial charge in [-0.1, -0.05) is 24.3 Å². The molecule has 0 radical (unpaired) electrons. The number of carbonyl (C=O) groups is 3. The van der Waals surface area contributed by atoms with Crippen LogP contribution in [0.1, 0.15) is 43.7 Å². The van der Waals surface area contributed by atoms with Crippen LogP contribution in [0, 0.1) is 5.82 Å². The van der Waals surface area contributed by atoms with E-state index in [1.54, 1.807) is 12.1 Å². The van der Waals surface area contributed by atoms with Gasteiger partial charge in [0.15, 0.2) is 6.29 Å². The van der Waals surface area contributed by atoms with E-state index >= 15 is 0 Å². The highest BCUT2D eigenvalue weighted by molar-refractivity contribution is 6.27. The summed E-state index contributed by atoms with van der Waals surface area (Å²) in [5, 5.41) is 14.8. The quantitative estimate of drug-likeness (QED) is 0.306. The summed E-state index contributed by atoms with van der Waals surface area (Å²) in [7, 11) is 0. The van der Waals surface area contributed by atoms with Crippen LogP contribution in [0.5, 0.6) is 5.75 Å². The Morgan fingerprint density at radius 1 is 0.955 bits per heavy atom. The molecule has 2 aromatic carbocycles. The van der Waals surface area contributed by atoms with Crippen LogP contribution in [0.3, 0.4) is 0 Å². The molecule has 14 heteroatoms. The maximum absolute atomic E-state index is 13.4. The molecule has 0 saturated carbocycles. The van der Waals surface area contributed by atoms with Gasteiger partial charge in [0.2, 0.25) is 5.91 Å². The molecule has 2 aliphatic heterocycles. The molecule has 2 aliphatic rings. The number of benzene rings is 2. The van der Waals surface area contributed by atoms with Crippen molar-refractivity contribution in [2.24, 2.45) is 0 Å². The Bertz CT molecular complexity index is 1210. The summed E-state index contributed by atoms with van der Waals surface area (Å²) >= 11 is 0. The number of rotatable bonds is 9. The van der Waals surface area contributed by atoms with Crippen LogP contribution in [0.2, 0.25) is 0 Å². The number of carboxylic acid groups (broad SMARTS) is 2. The minimum absolute atomic E-state index is 0.00107. The van der Waals surface area contributed by atoms with Crippen LogP contribution in [0.15, 0.2) is 48.5 Å². The average Bonchev–Trinajstić information content (AvgIpc) is 2.97. The molecule has 44 heavy (non-hydrogen) atoms. The van der Waals surface area contributed by atoms with Crippen LogP contribution in [-0.2, 0) is 36.8 Å². The van der Waals surface area contributed by atoms with Gasteiger partial charge in [0, 0.05) is 38.6 Å². The minimum Gasteiger partial charge on any atom is -0.473 e. The molecule has 2 unspecified atom stereocenters. The Balaban J connectivity index is 0.000000801. The smallest absolute Gasteiger partial charge is 0.473 e. The predicted molar refractivity (Wildman–Crippen MR) is 148 cm³/mol. The lowest BCUT2D eigenvalue weighted by atomic mass is 10.0. The van der Waals surface area contributed by atoms with Gasteiger partial charge in [-0.25, -0.2) is 14.0 Å². The van der Waals surface area contributed by atoms with Crippen molar-refractivity contribution >= 4 is 17.8 Å². The minimum atomic E-state index is -4.77. The molecule has 2 N–H and O–H groups in total. The van der Waals surface area contributed by atoms with E-state index in [1.165, 1.54) is 36.4 Å². The van der Waals surface area contributed by atoms with Crippen molar-refractivity contribution in [2.45, 2.75) is 70.4 Å². The van der Waals surface area contributed by atoms with Gasteiger partial charge >= 0.3 is 18.3 Å². The molecular formula is C30H36F4N2O8. The van der Waals surface area contributed by atoms with Crippen molar-refractivity contribution in [2.75, 3.05) is 26.2 Å². The van der Waals surface area contributed by atoms with Crippen LogP contribution in [-0.4, -0.2) is 88.9 Å². The molecule has 1 amide bonds. The fourth-order valence-corrected chi connectivity index (χ4v) is 4.92. The first kappa shape index (κ1) is 34.7. The summed E-state index contributed by atoms with van der Waals surface area (Å²) in [6.07, 6.45) is -1.43. The number of hydrogen-bond acceptors (Lipinski definition) is 7. The number of aliphatic carboxylic acids is 2. The molecule has 10 nitrogen and oxygen atoms in total. The number of carboxylic acids is 2. The SMILES string of the molecule is CC1CCOC(CCN2CCC(N(Cc3ccc(F)cc3)C(=O)Cc3ccc(OC(F)(F)F)cc3)CC2)O1.O=C(O)C(=O)O. The summed E-state index contributed by atoms with van der Waals surface area (Å²) in [4.78, 5) is 35.8. The number of ether oxygens (including phenoxy) is 3. The van der Waals surface area contributed by atoms with Crippen molar-refractivity contribution in [1.29, 1.82) is 0 Å². The number of piperidine rings is 1. The van der Waals surface area contributed by atoms with E-state index in [2.05, 4.69) is 16.6 Å². The van der Waals surface area contributed by atoms with E-state index in [1.807, 2.05) is 4.90 Å². The largest absolute Gasteiger partial charge is 0.573 e. The molecule has 0 aromatic heterocycles. The summed E-state index contributed by atoms with van der Waals surface area (Å²) in [6.45, 7) is 5.60.